The van der Waals surface area contributed by atoms with Gasteiger partial charge >= 0.3 is 0 Å². The molecule has 5 heteroatoms. The van der Waals surface area contributed by atoms with Gasteiger partial charge in [-0.2, -0.15) is 0 Å². The molecule has 0 bridgehead atoms. The van der Waals surface area contributed by atoms with Crippen LogP contribution in [0.25, 0.3) is 0 Å². The lowest BCUT2D eigenvalue weighted by Gasteiger charge is -2.11. The lowest BCUT2D eigenvalue weighted by molar-refractivity contribution is 0.197. The number of halogens is 3. The second kappa shape index (κ2) is 7.36. The highest BCUT2D eigenvalue weighted by atomic mass is 35.5. The molecule has 1 rings (SSSR count). The topological polar surface area (TPSA) is 21.3 Å². The third kappa shape index (κ3) is 4.48. The molecule has 1 N–H and O–H groups in total. The van der Waals surface area contributed by atoms with E-state index in [4.69, 9.17) is 39.5 Å². The lowest BCUT2D eigenvalue weighted by atomic mass is 10.2. The summed E-state index contributed by atoms with van der Waals surface area (Å²) in [6, 6.07) is 5.46. The zero-order valence-corrected chi connectivity index (χ0v) is 11.2. The molecule has 0 fully saturated rings. The zero-order chi connectivity index (χ0) is 12.0. The SMILES string of the molecule is COCC(Cl)CNCc1c(Cl)cccc1Cl. The van der Waals surface area contributed by atoms with Crippen LogP contribution in [0.3, 0.4) is 0 Å². The Morgan fingerprint density at radius 3 is 2.50 bits per heavy atom. The largest absolute Gasteiger partial charge is 0.383 e. The molecule has 1 aromatic carbocycles. The van der Waals surface area contributed by atoms with Crippen molar-refractivity contribution in [2.24, 2.45) is 0 Å². The molecule has 0 saturated carbocycles. The van der Waals surface area contributed by atoms with Crippen molar-refractivity contribution < 1.29 is 4.74 Å². The van der Waals surface area contributed by atoms with Crippen LogP contribution in [0.2, 0.25) is 10.0 Å². The smallest absolute Gasteiger partial charge is 0.0694 e. The summed E-state index contributed by atoms with van der Waals surface area (Å²) in [6.45, 7) is 1.77. The average molecular weight is 283 g/mol. The molecule has 1 unspecified atom stereocenters. The lowest BCUT2D eigenvalue weighted by Crippen LogP contribution is -2.26. The second-order valence-electron chi connectivity index (χ2n) is 3.38. The van der Waals surface area contributed by atoms with Gasteiger partial charge in [-0.3, -0.25) is 0 Å². The number of rotatable bonds is 6. The maximum Gasteiger partial charge on any atom is 0.0694 e. The van der Waals surface area contributed by atoms with Gasteiger partial charge in [0.1, 0.15) is 0 Å². The predicted octanol–water partition coefficient (Wildman–Crippen LogP) is 3.34. The van der Waals surface area contributed by atoms with Gasteiger partial charge in [0.2, 0.25) is 0 Å². The van der Waals surface area contributed by atoms with Crippen LogP contribution in [0.15, 0.2) is 18.2 Å². The van der Waals surface area contributed by atoms with Crippen molar-refractivity contribution >= 4 is 34.8 Å². The molecule has 16 heavy (non-hydrogen) atoms. The maximum absolute atomic E-state index is 6.02. The van der Waals surface area contributed by atoms with Gasteiger partial charge in [-0.1, -0.05) is 29.3 Å². The van der Waals surface area contributed by atoms with E-state index in [-0.39, 0.29) is 5.38 Å². The summed E-state index contributed by atoms with van der Waals surface area (Å²) in [7, 11) is 1.63. The van der Waals surface area contributed by atoms with Crippen LogP contribution in [-0.4, -0.2) is 25.6 Å². The molecule has 0 aliphatic rings. The van der Waals surface area contributed by atoms with E-state index in [1.54, 1.807) is 7.11 Å². The second-order valence-corrected chi connectivity index (χ2v) is 4.82. The van der Waals surface area contributed by atoms with Gasteiger partial charge in [0.25, 0.3) is 0 Å². The fourth-order valence-electron chi connectivity index (χ4n) is 1.29. The highest BCUT2D eigenvalue weighted by Crippen LogP contribution is 2.23. The summed E-state index contributed by atoms with van der Waals surface area (Å²) >= 11 is 18.0. The quantitative estimate of drug-likeness (QED) is 0.808. The van der Waals surface area contributed by atoms with Crippen LogP contribution in [0, 0.1) is 0 Å². The Kier molecular flexibility index (Phi) is 6.47. The van der Waals surface area contributed by atoms with Gasteiger partial charge in [-0.25, -0.2) is 0 Å². The molecule has 0 heterocycles. The van der Waals surface area contributed by atoms with Crippen LogP contribution >= 0.6 is 34.8 Å². The Hall–Kier alpha value is 0.01000. The molecule has 0 amide bonds. The normalized spacial score (nSPS) is 12.8. The molecule has 0 aromatic heterocycles. The minimum absolute atomic E-state index is 0.0498. The van der Waals surface area contributed by atoms with Gasteiger partial charge in [0, 0.05) is 35.8 Å². The summed E-state index contributed by atoms with van der Waals surface area (Å²) in [4.78, 5) is 0. The molecule has 0 aliphatic carbocycles. The van der Waals surface area contributed by atoms with E-state index in [1.807, 2.05) is 18.2 Å². The Labute approximate surface area is 111 Å². The van der Waals surface area contributed by atoms with E-state index in [9.17, 15) is 0 Å². The third-order valence-corrected chi connectivity index (χ3v) is 3.07. The number of hydrogen-bond acceptors (Lipinski definition) is 2. The minimum Gasteiger partial charge on any atom is -0.383 e. The first-order valence-corrected chi connectivity index (χ1v) is 6.11. The number of alkyl halides is 1. The summed E-state index contributed by atoms with van der Waals surface area (Å²) < 4.78 is 4.93. The Morgan fingerprint density at radius 1 is 1.31 bits per heavy atom. The average Bonchev–Trinajstić information content (AvgIpc) is 2.23. The van der Waals surface area contributed by atoms with E-state index in [0.29, 0.717) is 29.7 Å². The molecule has 0 aliphatic heterocycles. The fourth-order valence-corrected chi connectivity index (χ4v) is 2.06. The van der Waals surface area contributed by atoms with Crippen LogP contribution in [0.4, 0.5) is 0 Å². The first-order valence-electron chi connectivity index (χ1n) is 4.91. The van der Waals surface area contributed by atoms with E-state index < -0.39 is 0 Å². The third-order valence-electron chi connectivity index (χ3n) is 2.08. The highest BCUT2D eigenvalue weighted by molar-refractivity contribution is 6.35. The van der Waals surface area contributed by atoms with Crippen molar-refractivity contribution in [3.63, 3.8) is 0 Å². The van der Waals surface area contributed by atoms with Crippen molar-refractivity contribution in [1.82, 2.24) is 5.32 Å². The number of nitrogens with one attached hydrogen (secondary N) is 1. The van der Waals surface area contributed by atoms with Crippen LogP contribution in [0.1, 0.15) is 5.56 Å². The number of hydrogen-bond donors (Lipinski definition) is 1. The maximum atomic E-state index is 6.02. The van der Waals surface area contributed by atoms with Crippen molar-refractivity contribution in [2.75, 3.05) is 20.3 Å². The number of ether oxygens (including phenoxy) is 1. The van der Waals surface area contributed by atoms with Gasteiger partial charge in [-0.05, 0) is 12.1 Å². The molecule has 90 valence electrons. The Balaban J connectivity index is 2.43. The van der Waals surface area contributed by atoms with Gasteiger partial charge < -0.3 is 10.1 Å². The van der Waals surface area contributed by atoms with Crippen molar-refractivity contribution in [3.8, 4) is 0 Å². The van der Waals surface area contributed by atoms with Gasteiger partial charge in [-0.15, -0.1) is 11.6 Å². The van der Waals surface area contributed by atoms with Crippen LogP contribution < -0.4 is 5.32 Å². The standard InChI is InChI=1S/C11H14Cl3NO/c1-16-7-8(12)5-15-6-9-10(13)3-2-4-11(9)14/h2-4,8,15H,5-7H2,1H3. The molecular formula is C11H14Cl3NO. The minimum atomic E-state index is -0.0498. The van der Waals surface area contributed by atoms with Crippen molar-refractivity contribution in [3.05, 3.63) is 33.8 Å². The first kappa shape index (κ1) is 14.1. The van der Waals surface area contributed by atoms with E-state index in [2.05, 4.69) is 5.32 Å². The van der Waals surface area contributed by atoms with E-state index in [0.717, 1.165) is 5.56 Å². The van der Waals surface area contributed by atoms with E-state index >= 15 is 0 Å². The zero-order valence-electron chi connectivity index (χ0n) is 8.97. The Morgan fingerprint density at radius 2 is 1.94 bits per heavy atom. The predicted molar refractivity (Wildman–Crippen MR) is 69.7 cm³/mol. The van der Waals surface area contributed by atoms with Crippen LogP contribution in [0.5, 0.6) is 0 Å². The molecular weight excluding hydrogens is 268 g/mol. The summed E-state index contributed by atoms with van der Waals surface area (Å²) in [5.41, 5.74) is 0.895. The van der Waals surface area contributed by atoms with Crippen LogP contribution in [-0.2, 0) is 11.3 Å². The van der Waals surface area contributed by atoms with Crippen molar-refractivity contribution in [1.29, 1.82) is 0 Å². The fraction of sp³-hybridized carbons (Fsp3) is 0.455. The first-order chi connectivity index (χ1) is 7.65. The Bertz CT molecular complexity index is 313. The molecule has 0 spiro atoms. The molecule has 0 radical (unpaired) electrons. The summed E-state index contributed by atoms with van der Waals surface area (Å²) in [5.74, 6) is 0. The highest BCUT2D eigenvalue weighted by Gasteiger charge is 2.07. The monoisotopic (exact) mass is 281 g/mol. The summed E-state index contributed by atoms with van der Waals surface area (Å²) in [6.07, 6.45) is 0. The number of methoxy groups -OCH3 is 1. The molecule has 0 saturated heterocycles. The molecule has 2 nitrogen and oxygen atoms in total. The van der Waals surface area contributed by atoms with Crippen molar-refractivity contribution in [2.45, 2.75) is 11.9 Å². The number of benzene rings is 1. The summed E-state index contributed by atoms with van der Waals surface area (Å²) in [5, 5.41) is 4.47. The molecule has 1 aromatic rings. The van der Waals surface area contributed by atoms with Gasteiger partial charge in [0.05, 0.1) is 12.0 Å². The van der Waals surface area contributed by atoms with E-state index in [1.165, 1.54) is 0 Å². The molecule has 1 atom stereocenters. The van der Waals surface area contributed by atoms with Gasteiger partial charge in [0.15, 0.2) is 0 Å².